The van der Waals surface area contributed by atoms with Crippen LogP contribution < -0.4 is 16.0 Å². The number of urea groups is 1. The summed E-state index contributed by atoms with van der Waals surface area (Å²) >= 11 is 0. The molecule has 0 atom stereocenters. The fraction of sp³-hybridized carbons (Fsp3) is 0.619. The summed E-state index contributed by atoms with van der Waals surface area (Å²) in [4.78, 5) is 34.6. The van der Waals surface area contributed by atoms with E-state index in [1.54, 1.807) is 12.1 Å². The lowest BCUT2D eigenvalue weighted by Crippen LogP contribution is -2.61. The zero-order chi connectivity index (χ0) is 20.4. The summed E-state index contributed by atoms with van der Waals surface area (Å²) in [5, 5.41) is 19.5. The van der Waals surface area contributed by atoms with Gasteiger partial charge in [0, 0.05) is 37.2 Å². The smallest absolute Gasteiger partial charge is 0.315 e. The van der Waals surface area contributed by atoms with E-state index < -0.39 is 4.92 Å². The van der Waals surface area contributed by atoms with E-state index in [9.17, 15) is 19.7 Å². The first-order valence-corrected chi connectivity index (χ1v) is 10.5. The van der Waals surface area contributed by atoms with Crippen molar-refractivity contribution < 1.29 is 14.5 Å². The molecule has 8 nitrogen and oxygen atoms in total. The van der Waals surface area contributed by atoms with Gasteiger partial charge in [0.2, 0.25) is 5.91 Å². The number of non-ortho nitro benzene ring substituents is 1. The Morgan fingerprint density at radius 2 is 1.59 bits per heavy atom. The molecule has 3 amide bonds. The molecular formula is C21H28N4O4. The van der Waals surface area contributed by atoms with Gasteiger partial charge in [-0.2, -0.15) is 0 Å². The second-order valence-electron chi connectivity index (χ2n) is 9.03. The van der Waals surface area contributed by atoms with E-state index in [-0.39, 0.29) is 36.1 Å². The Morgan fingerprint density at radius 3 is 2.14 bits per heavy atom. The Hall–Kier alpha value is -2.64. The van der Waals surface area contributed by atoms with Gasteiger partial charge in [0.1, 0.15) is 0 Å². The zero-order valence-electron chi connectivity index (χ0n) is 16.5. The van der Waals surface area contributed by atoms with Gasteiger partial charge in [-0.15, -0.1) is 0 Å². The first kappa shape index (κ1) is 19.7. The molecule has 0 saturated heterocycles. The third-order valence-electron chi connectivity index (χ3n) is 6.69. The maximum Gasteiger partial charge on any atom is 0.315 e. The normalized spacial score (nSPS) is 29.3. The first-order valence-electron chi connectivity index (χ1n) is 10.5. The maximum atomic E-state index is 12.4. The minimum Gasteiger partial charge on any atom is -0.352 e. The zero-order valence-corrected chi connectivity index (χ0v) is 16.5. The number of amides is 3. The van der Waals surface area contributed by atoms with Crippen molar-refractivity contribution in [2.45, 2.75) is 57.0 Å². The molecule has 156 valence electrons. The highest BCUT2D eigenvalue weighted by Crippen LogP contribution is 2.55. The summed E-state index contributed by atoms with van der Waals surface area (Å²) in [6.07, 6.45) is 7.49. The van der Waals surface area contributed by atoms with Crippen LogP contribution in [0.5, 0.6) is 0 Å². The molecule has 8 heteroatoms. The fourth-order valence-corrected chi connectivity index (χ4v) is 5.86. The number of hydrogen-bond acceptors (Lipinski definition) is 4. The van der Waals surface area contributed by atoms with Crippen molar-refractivity contribution in [1.82, 2.24) is 16.0 Å². The minimum atomic E-state index is -0.456. The van der Waals surface area contributed by atoms with E-state index >= 15 is 0 Å². The van der Waals surface area contributed by atoms with E-state index in [2.05, 4.69) is 16.0 Å². The molecule has 3 N–H and O–H groups in total. The van der Waals surface area contributed by atoms with Gasteiger partial charge in [-0.25, -0.2) is 4.79 Å². The Bertz CT molecular complexity index is 757. The SMILES string of the molecule is O=C(CCNC(=O)NC12CC3CC(CC(C3)C1)C2)NCc1ccc([N+](=O)[O-])cc1. The molecule has 1 aromatic rings. The summed E-state index contributed by atoms with van der Waals surface area (Å²) in [7, 11) is 0. The third kappa shape index (κ3) is 4.68. The quantitative estimate of drug-likeness (QED) is 0.482. The Morgan fingerprint density at radius 1 is 1.00 bits per heavy atom. The molecule has 4 bridgehead atoms. The lowest BCUT2D eigenvalue weighted by Gasteiger charge is -2.56. The van der Waals surface area contributed by atoms with Gasteiger partial charge in [-0.05, 0) is 61.8 Å². The second-order valence-corrected chi connectivity index (χ2v) is 9.03. The highest BCUT2D eigenvalue weighted by atomic mass is 16.6. The van der Waals surface area contributed by atoms with Crippen LogP contribution in [0.15, 0.2) is 24.3 Å². The van der Waals surface area contributed by atoms with E-state index in [4.69, 9.17) is 0 Å². The van der Waals surface area contributed by atoms with Gasteiger partial charge >= 0.3 is 6.03 Å². The average molecular weight is 400 g/mol. The minimum absolute atomic E-state index is 0.0225. The molecule has 0 aromatic heterocycles. The molecule has 0 radical (unpaired) electrons. The van der Waals surface area contributed by atoms with Crippen LogP contribution in [-0.4, -0.2) is 28.9 Å². The fourth-order valence-electron chi connectivity index (χ4n) is 5.86. The summed E-state index contributed by atoms with van der Waals surface area (Å²) in [5.74, 6) is 2.14. The molecule has 0 aliphatic heterocycles. The van der Waals surface area contributed by atoms with Crippen LogP contribution in [0.2, 0.25) is 0 Å². The lowest BCUT2D eigenvalue weighted by atomic mass is 9.53. The Labute approximate surface area is 170 Å². The van der Waals surface area contributed by atoms with Crippen molar-refractivity contribution in [3.8, 4) is 0 Å². The van der Waals surface area contributed by atoms with Crippen molar-refractivity contribution in [2.75, 3.05) is 6.54 Å². The molecule has 29 heavy (non-hydrogen) atoms. The van der Waals surface area contributed by atoms with E-state index in [1.807, 2.05) is 0 Å². The summed E-state index contributed by atoms with van der Waals surface area (Å²) in [6.45, 7) is 0.584. The number of rotatable bonds is 7. The highest BCUT2D eigenvalue weighted by molar-refractivity contribution is 5.78. The molecule has 0 spiro atoms. The van der Waals surface area contributed by atoms with Crippen LogP contribution in [0.25, 0.3) is 0 Å². The van der Waals surface area contributed by atoms with Gasteiger partial charge in [0.25, 0.3) is 5.69 Å². The van der Waals surface area contributed by atoms with Crippen molar-refractivity contribution in [3.05, 3.63) is 39.9 Å². The van der Waals surface area contributed by atoms with Crippen LogP contribution in [0, 0.1) is 27.9 Å². The number of hydrogen-bond donors (Lipinski definition) is 3. The van der Waals surface area contributed by atoms with Gasteiger partial charge in [-0.1, -0.05) is 12.1 Å². The van der Waals surface area contributed by atoms with Crippen molar-refractivity contribution in [2.24, 2.45) is 17.8 Å². The van der Waals surface area contributed by atoms with Crippen molar-refractivity contribution in [3.63, 3.8) is 0 Å². The average Bonchev–Trinajstić information content (AvgIpc) is 2.65. The van der Waals surface area contributed by atoms with Gasteiger partial charge in [0.15, 0.2) is 0 Å². The Balaban J connectivity index is 1.16. The predicted molar refractivity (Wildman–Crippen MR) is 107 cm³/mol. The lowest BCUT2D eigenvalue weighted by molar-refractivity contribution is -0.384. The molecule has 4 aliphatic carbocycles. The van der Waals surface area contributed by atoms with Crippen molar-refractivity contribution >= 4 is 17.6 Å². The third-order valence-corrected chi connectivity index (χ3v) is 6.69. The summed E-state index contributed by atoms with van der Waals surface area (Å²) < 4.78 is 0. The van der Waals surface area contributed by atoms with Crippen LogP contribution in [0.1, 0.15) is 50.5 Å². The number of nitrogens with one attached hydrogen (secondary N) is 3. The molecule has 4 aliphatic rings. The molecular weight excluding hydrogens is 372 g/mol. The second kappa shape index (κ2) is 8.00. The monoisotopic (exact) mass is 400 g/mol. The predicted octanol–water partition coefficient (Wildman–Crippen LogP) is 2.87. The summed E-state index contributed by atoms with van der Waals surface area (Å²) in [6, 6.07) is 5.90. The van der Waals surface area contributed by atoms with E-state index in [0.717, 1.165) is 42.6 Å². The van der Waals surface area contributed by atoms with Crippen LogP contribution in [0.4, 0.5) is 10.5 Å². The maximum absolute atomic E-state index is 12.4. The highest BCUT2D eigenvalue weighted by Gasteiger charge is 2.51. The summed E-state index contributed by atoms with van der Waals surface area (Å²) in [5.41, 5.74) is 0.780. The van der Waals surface area contributed by atoms with Gasteiger partial charge in [0.05, 0.1) is 4.92 Å². The van der Waals surface area contributed by atoms with Crippen LogP contribution >= 0.6 is 0 Å². The van der Waals surface area contributed by atoms with Crippen LogP contribution in [0.3, 0.4) is 0 Å². The largest absolute Gasteiger partial charge is 0.352 e. The molecule has 1 aromatic carbocycles. The standard InChI is InChI=1S/C21H28N4O4/c26-19(23-13-14-1-3-18(4-2-14)25(28)29)5-6-22-20(27)24-21-10-15-7-16(11-21)9-17(8-15)12-21/h1-4,15-17H,5-13H2,(H,23,26)(H2,22,24,27). The molecule has 5 rings (SSSR count). The Kier molecular flexibility index (Phi) is 5.43. The van der Waals surface area contributed by atoms with Crippen molar-refractivity contribution in [1.29, 1.82) is 0 Å². The molecule has 0 heterocycles. The number of carbonyl (C=O) groups excluding carboxylic acids is 2. The number of nitro benzene ring substituents is 1. The van der Waals surface area contributed by atoms with Gasteiger partial charge < -0.3 is 16.0 Å². The number of nitro groups is 1. The van der Waals surface area contributed by atoms with Crippen LogP contribution in [-0.2, 0) is 11.3 Å². The molecule has 4 saturated carbocycles. The first-order chi connectivity index (χ1) is 13.9. The number of benzene rings is 1. The number of nitrogens with zero attached hydrogens (tertiary/aromatic N) is 1. The number of carbonyl (C=O) groups is 2. The van der Waals surface area contributed by atoms with E-state index in [0.29, 0.717) is 6.54 Å². The van der Waals surface area contributed by atoms with E-state index in [1.165, 1.54) is 31.4 Å². The molecule has 0 unspecified atom stereocenters. The van der Waals surface area contributed by atoms with Gasteiger partial charge in [-0.3, -0.25) is 14.9 Å². The molecule has 4 fully saturated rings. The topological polar surface area (TPSA) is 113 Å².